The lowest BCUT2D eigenvalue weighted by atomic mass is 9.70. The van der Waals surface area contributed by atoms with Crippen LogP contribution in [0.5, 0.6) is 0 Å². The predicted octanol–water partition coefficient (Wildman–Crippen LogP) is 8.54. The molecule has 2 atom stereocenters. The Bertz CT molecular complexity index is 1080. The van der Waals surface area contributed by atoms with E-state index < -0.39 is 5.51 Å². The number of nitrogens with zero attached hydrogens (tertiary/aromatic N) is 2. The van der Waals surface area contributed by atoms with E-state index in [2.05, 4.69) is 52.7 Å². The minimum Gasteiger partial charge on any atom is -0.326 e. The van der Waals surface area contributed by atoms with Crippen LogP contribution in [0, 0.1) is 11.3 Å². The van der Waals surface area contributed by atoms with Crippen LogP contribution in [-0.2, 0) is 0 Å². The first-order chi connectivity index (χ1) is 14.5. The molecule has 0 radical (unpaired) electrons. The van der Waals surface area contributed by atoms with E-state index in [-0.39, 0.29) is 22.1 Å². The Morgan fingerprint density at radius 1 is 1.13 bits per heavy atom. The van der Waals surface area contributed by atoms with E-state index >= 15 is 0 Å². The molecule has 1 heterocycles. The fourth-order valence-corrected chi connectivity index (χ4v) is 5.78. The molecule has 1 aliphatic rings. The third-order valence-corrected chi connectivity index (χ3v) is 6.96. The van der Waals surface area contributed by atoms with E-state index in [0.717, 1.165) is 34.3 Å². The smallest absolute Gasteiger partial charge is 0.326 e. The van der Waals surface area contributed by atoms with Gasteiger partial charge in [0.1, 0.15) is 0 Å². The van der Waals surface area contributed by atoms with Gasteiger partial charge in [-0.2, -0.15) is 13.2 Å². The molecule has 0 spiro atoms. The topological polar surface area (TPSA) is 29.9 Å². The molecule has 1 unspecified atom stereocenters. The molecule has 0 saturated heterocycles. The van der Waals surface area contributed by atoms with Crippen molar-refractivity contribution in [3.8, 4) is 0 Å². The number of imidazole rings is 1. The first-order valence-corrected chi connectivity index (χ1v) is 11.9. The Morgan fingerprint density at radius 2 is 1.84 bits per heavy atom. The van der Waals surface area contributed by atoms with Crippen molar-refractivity contribution < 1.29 is 13.2 Å². The van der Waals surface area contributed by atoms with Crippen molar-refractivity contribution in [1.82, 2.24) is 9.55 Å². The number of aromatic nitrogens is 2. The van der Waals surface area contributed by atoms with E-state index in [1.54, 1.807) is 12.1 Å². The molecule has 166 valence electrons. The van der Waals surface area contributed by atoms with Crippen molar-refractivity contribution in [2.45, 2.75) is 56.5 Å². The summed E-state index contributed by atoms with van der Waals surface area (Å²) in [7, 11) is 0. The molecule has 3 aromatic rings. The van der Waals surface area contributed by atoms with E-state index in [4.69, 9.17) is 4.98 Å². The van der Waals surface area contributed by atoms with Crippen LogP contribution in [-0.4, -0.2) is 15.1 Å². The predicted molar refractivity (Wildman–Crippen MR) is 125 cm³/mol. The van der Waals surface area contributed by atoms with Gasteiger partial charge in [0.2, 0.25) is 5.95 Å². The Balaban J connectivity index is 1.70. The molecule has 1 N–H and O–H groups in total. The van der Waals surface area contributed by atoms with Crippen molar-refractivity contribution in [2.75, 3.05) is 5.32 Å². The molecule has 0 bridgehead atoms. The SMILES string of the molecule is C[C@H]1CC(n2c(Nc3ccc(SC(F)(F)F)cc3)nc3cc(Br)ccc32)CC(C)(C)C1. The van der Waals surface area contributed by atoms with Gasteiger partial charge in [0.15, 0.2) is 0 Å². The molecule has 31 heavy (non-hydrogen) atoms. The minimum absolute atomic E-state index is 0.107. The number of nitrogens with one attached hydrogen (secondary N) is 1. The van der Waals surface area contributed by atoms with Crippen molar-refractivity contribution in [2.24, 2.45) is 11.3 Å². The molecule has 2 aromatic carbocycles. The van der Waals surface area contributed by atoms with Gasteiger partial charge in [0.25, 0.3) is 0 Å². The number of benzene rings is 2. The standard InChI is InChI=1S/C23H25BrF3N3S/c1-14-10-17(13-22(2,3)12-14)30-20-9-4-15(24)11-19(20)29-21(30)28-16-5-7-18(8-6-16)31-23(25,26)27/h4-9,11,14,17H,10,12-13H2,1-3H3,(H,28,29)/t14-,17?/m0/s1. The second-order valence-corrected chi connectivity index (χ2v) is 11.3. The zero-order chi connectivity index (χ0) is 22.4. The van der Waals surface area contributed by atoms with Crippen molar-refractivity contribution in [3.05, 3.63) is 46.9 Å². The van der Waals surface area contributed by atoms with Gasteiger partial charge in [0, 0.05) is 21.1 Å². The summed E-state index contributed by atoms with van der Waals surface area (Å²) in [6.07, 6.45) is 3.32. The van der Waals surface area contributed by atoms with Gasteiger partial charge < -0.3 is 9.88 Å². The molecule has 1 saturated carbocycles. The summed E-state index contributed by atoms with van der Waals surface area (Å²) in [4.78, 5) is 5.00. The van der Waals surface area contributed by atoms with Crippen LogP contribution in [0.1, 0.15) is 46.1 Å². The van der Waals surface area contributed by atoms with Crippen LogP contribution < -0.4 is 5.32 Å². The van der Waals surface area contributed by atoms with Crippen molar-refractivity contribution >= 4 is 50.4 Å². The first kappa shape index (κ1) is 22.5. The maximum absolute atomic E-state index is 12.6. The molecule has 0 amide bonds. The summed E-state index contributed by atoms with van der Waals surface area (Å²) < 4.78 is 41.1. The Hall–Kier alpha value is -1.67. The molecule has 1 aromatic heterocycles. The monoisotopic (exact) mass is 511 g/mol. The number of thioether (sulfide) groups is 1. The highest BCUT2D eigenvalue weighted by atomic mass is 79.9. The second-order valence-electron chi connectivity index (χ2n) is 9.20. The molecular formula is C23H25BrF3N3S. The van der Waals surface area contributed by atoms with Gasteiger partial charge in [0.05, 0.1) is 11.0 Å². The zero-order valence-corrected chi connectivity index (χ0v) is 20.0. The van der Waals surface area contributed by atoms with Gasteiger partial charge in [-0.15, -0.1) is 0 Å². The van der Waals surface area contributed by atoms with E-state index in [1.165, 1.54) is 18.6 Å². The molecule has 1 aliphatic carbocycles. The summed E-state index contributed by atoms with van der Waals surface area (Å²) in [5.74, 6) is 1.33. The normalized spacial score (nSPS) is 21.4. The van der Waals surface area contributed by atoms with Crippen molar-refractivity contribution in [1.29, 1.82) is 0 Å². The summed E-state index contributed by atoms with van der Waals surface area (Å²) in [6, 6.07) is 12.7. The maximum Gasteiger partial charge on any atom is 0.446 e. The summed E-state index contributed by atoms with van der Waals surface area (Å²) >= 11 is 3.42. The maximum atomic E-state index is 12.6. The summed E-state index contributed by atoms with van der Waals surface area (Å²) in [5.41, 5.74) is -1.39. The lowest BCUT2D eigenvalue weighted by molar-refractivity contribution is -0.0328. The van der Waals surface area contributed by atoms with Gasteiger partial charge in [-0.3, -0.25) is 0 Å². The van der Waals surface area contributed by atoms with Gasteiger partial charge in [-0.25, -0.2) is 4.98 Å². The number of halogens is 4. The highest BCUT2D eigenvalue weighted by Gasteiger charge is 2.34. The highest BCUT2D eigenvalue weighted by molar-refractivity contribution is 9.10. The summed E-state index contributed by atoms with van der Waals surface area (Å²) in [5, 5.41) is 3.36. The quantitative estimate of drug-likeness (QED) is 0.355. The van der Waals surface area contributed by atoms with Crippen LogP contribution in [0.15, 0.2) is 51.8 Å². The number of fused-ring (bicyclic) bond motifs is 1. The van der Waals surface area contributed by atoms with E-state index in [9.17, 15) is 13.2 Å². The van der Waals surface area contributed by atoms with Crippen molar-refractivity contribution in [3.63, 3.8) is 0 Å². The van der Waals surface area contributed by atoms with Crippen LogP contribution in [0.4, 0.5) is 24.8 Å². The molecule has 8 heteroatoms. The Kier molecular flexibility index (Phi) is 6.07. The average molecular weight is 512 g/mol. The largest absolute Gasteiger partial charge is 0.446 e. The zero-order valence-electron chi connectivity index (χ0n) is 17.6. The number of anilines is 2. The molecule has 4 rings (SSSR count). The lowest BCUT2D eigenvalue weighted by Gasteiger charge is -2.40. The fourth-order valence-electron chi connectivity index (χ4n) is 4.89. The van der Waals surface area contributed by atoms with Gasteiger partial charge in [-0.1, -0.05) is 36.7 Å². The van der Waals surface area contributed by atoms with E-state index in [0.29, 0.717) is 17.6 Å². The first-order valence-electron chi connectivity index (χ1n) is 10.3. The molecule has 3 nitrogen and oxygen atoms in total. The van der Waals surface area contributed by atoms with Crippen LogP contribution in [0.2, 0.25) is 0 Å². The lowest BCUT2D eigenvalue weighted by Crippen LogP contribution is -2.29. The second kappa shape index (κ2) is 8.35. The van der Waals surface area contributed by atoms with Crippen LogP contribution >= 0.6 is 27.7 Å². The molecular weight excluding hydrogens is 487 g/mol. The van der Waals surface area contributed by atoms with Crippen LogP contribution in [0.25, 0.3) is 11.0 Å². The average Bonchev–Trinajstić information content (AvgIpc) is 2.97. The fraction of sp³-hybridized carbons (Fsp3) is 0.435. The van der Waals surface area contributed by atoms with Gasteiger partial charge in [-0.05, 0) is 84.8 Å². The number of alkyl halides is 3. The number of hydrogen-bond acceptors (Lipinski definition) is 3. The number of hydrogen-bond donors (Lipinski definition) is 1. The molecule has 1 fully saturated rings. The Morgan fingerprint density at radius 3 is 2.48 bits per heavy atom. The number of rotatable bonds is 4. The van der Waals surface area contributed by atoms with Crippen LogP contribution in [0.3, 0.4) is 0 Å². The minimum atomic E-state index is -4.29. The molecule has 0 aliphatic heterocycles. The third kappa shape index (κ3) is 5.40. The third-order valence-electron chi connectivity index (χ3n) is 5.72. The Labute approximate surface area is 192 Å². The summed E-state index contributed by atoms with van der Waals surface area (Å²) in [6.45, 7) is 6.93. The van der Waals surface area contributed by atoms with Gasteiger partial charge >= 0.3 is 5.51 Å². The van der Waals surface area contributed by atoms with E-state index in [1.807, 2.05) is 12.1 Å². The highest BCUT2D eigenvalue weighted by Crippen LogP contribution is 2.46.